The van der Waals surface area contributed by atoms with Crippen molar-refractivity contribution in [1.29, 1.82) is 0 Å². The number of halogens is 1. The lowest BCUT2D eigenvalue weighted by Crippen LogP contribution is -2.25. The van der Waals surface area contributed by atoms with Crippen molar-refractivity contribution < 1.29 is 4.79 Å². The van der Waals surface area contributed by atoms with E-state index in [-0.39, 0.29) is 18.2 Å². The molecular weight excluding hydrogens is 258 g/mol. The quantitative estimate of drug-likeness (QED) is 0.775. The molecule has 2 rings (SSSR count). The minimum Gasteiger partial charge on any atom is -0.299 e. The van der Waals surface area contributed by atoms with E-state index < -0.39 is 0 Å². The molecule has 2 nitrogen and oxygen atoms in total. The van der Waals surface area contributed by atoms with Crippen LogP contribution in [0.3, 0.4) is 0 Å². The zero-order valence-electron chi connectivity index (χ0n) is 11.7. The summed E-state index contributed by atoms with van der Waals surface area (Å²) in [5, 5.41) is 0. The van der Waals surface area contributed by atoms with Gasteiger partial charge in [0.25, 0.3) is 0 Å². The van der Waals surface area contributed by atoms with Crippen LogP contribution in [0.15, 0.2) is 24.3 Å². The second-order valence-electron chi connectivity index (χ2n) is 5.12. The highest BCUT2D eigenvalue weighted by Crippen LogP contribution is 2.17. The number of nitrogens with zero attached hydrogens (tertiary/aromatic N) is 1. The summed E-state index contributed by atoms with van der Waals surface area (Å²) in [5.41, 5.74) is 2.12. The van der Waals surface area contributed by atoms with Gasteiger partial charge in [-0.1, -0.05) is 44.0 Å². The van der Waals surface area contributed by atoms with Gasteiger partial charge in [-0.2, -0.15) is 0 Å². The van der Waals surface area contributed by atoms with Crippen LogP contribution in [0.2, 0.25) is 0 Å². The number of carbonyl (C=O) groups excluding carboxylic acids is 1. The molecule has 3 heteroatoms. The molecule has 0 bridgehead atoms. The Balaban J connectivity index is 0.00000180. The molecule has 0 unspecified atom stereocenters. The summed E-state index contributed by atoms with van der Waals surface area (Å²) < 4.78 is 0. The lowest BCUT2D eigenvalue weighted by Gasteiger charge is -2.21. The highest BCUT2D eigenvalue weighted by Gasteiger charge is 2.13. The number of rotatable bonds is 4. The van der Waals surface area contributed by atoms with Gasteiger partial charge in [0.1, 0.15) is 0 Å². The fourth-order valence-electron chi connectivity index (χ4n) is 2.66. The number of ketones is 1. The van der Waals surface area contributed by atoms with Gasteiger partial charge in [0.2, 0.25) is 0 Å². The van der Waals surface area contributed by atoms with Crippen molar-refractivity contribution >= 4 is 18.2 Å². The average Bonchev–Trinajstić information content (AvgIpc) is 2.67. The van der Waals surface area contributed by atoms with Crippen LogP contribution in [0.4, 0.5) is 0 Å². The lowest BCUT2D eigenvalue weighted by molar-refractivity contribution is 0.0986. The fraction of sp³-hybridized carbons (Fsp3) is 0.562. The van der Waals surface area contributed by atoms with Crippen LogP contribution in [-0.2, 0) is 6.54 Å². The number of benzene rings is 1. The maximum Gasteiger partial charge on any atom is 0.162 e. The van der Waals surface area contributed by atoms with Crippen LogP contribution in [0.5, 0.6) is 0 Å². The predicted molar refractivity (Wildman–Crippen MR) is 82.1 cm³/mol. The van der Waals surface area contributed by atoms with E-state index in [9.17, 15) is 4.79 Å². The number of Topliss-reactive ketones (excluding diaryl/α,β-unsaturated/α-hetero) is 1. The fourth-order valence-corrected chi connectivity index (χ4v) is 2.66. The molecule has 0 aliphatic carbocycles. The molecule has 19 heavy (non-hydrogen) atoms. The summed E-state index contributed by atoms with van der Waals surface area (Å²) in [6, 6.07) is 8.08. The third kappa shape index (κ3) is 4.63. The van der Waals surface area contributed by atoms with Crippen LogP contribution in [0.25, 0.3) is 0 Å². The lowest BCUT2D eigenvalue weighted by atomic mass is 10.0. The smallest absolute Gasteiger partial charge is 0.162 e. The summed E-state index contributed by atoms with van der Waals surface area (Å²) >= 11 is 0. The standard InChI is InChI=1S/C16H23NO.ClH/c1-2-16(18)15-10-6-5-9-14(15)13-17-11-7-3-4-8-12-17;/h5-6,9-10H,2-4,7-8,11-13H2,1H3;1H. The van der Waals surface area contributed by atoms with Gasteiger partial charge >= 0.3 is 0 Å². The Morgan fingerprint density at radius 3 is 2.37 bits per heavy atom. The van der Waals surface area contributed by atoms with Crippen molar-refractivity contribution in [1.82, 2.24) is 4.90 Å². The maximum atomic E-state index is 11.9. The van der Waals surface area contributed by atoms with Crippen LogP contribution < -0.4 is 0 Å². The van der Waals surface area contributed by atoms with Gasteiger partial charge < -0.3 is 0 Å². The first kappa shape index (κ1) is 16.2. The van der Waals surface area contributed by atoms with Gasteiger partial charge in [0.15, 0.2) is 5.78 Å². The molecule has 1 aliphatic rings. The first-order valence-corrected chi connectivity index (χ1v) is 7.14. The SMILES string of the molecule is CCC(=O)c1ccccc1CN1CCCCCC1.Cl. The zero-order valence-corrected chi connectivity index (χ0v) is 12.5. The Kier molecular flexibility index (Phi) is 7.11. The second-order valence-corrected chi connectivity index (χ2v) is 5.12. The van der Waals surface area contributed by atoms with E-state index in [4.69, 9.17) is 0 Å². The van der Waals surface area contributed by atoms with E-state index in [1.54, 1.807) is 0 Å². The van der Waals surface area contributed by atoms with Crippen molar-refractivity contribution in [2.24, 2.45) is 0 Å². The van der Waals surface area contributed by atoms with E-state index in [1.807, 2.05) is 25.1 Å². The summed E-state index contributed by atoms with van der Waals surface area (Å²) in [5.74, 6) is 0.264. The third-order valence-corrected chi connectivity index (χ3v) is 3.73. The normalized spacial score (nSPS) is 16.5. The molecule has 0 amide bonds. The number of carbonyl (C=O) groups is 1. The van der Waals surface area contributed by atoms with Crippen molar-refractivity contribution in [2.45, 2.75) is 45.6 Å². The topological polar surface area (TPSA) is 20.3 Å². The van der Waals surface area contributed by atoms with Crippen molar-refractivity contribution in [3.63, 3.8) is 0 Å². The highest BCUT2D eigenvalue weighted by atomic mass is 35.5. The molecule has 106 valence electrons. The summed E-state index contributed by atoms with van der Waals surface area (Å²) in [7, 11) is 0. The molecule has 1 aromatic carbocycles. The van der Waals surface area contributed by atoms with Crippen LogP contribution in [0.1, 0.15) is 54.9 Å². The first-order valence-electron chi connectivity index (χ1n) is 7.14. The Morgan fingerprint density at radius 2 is 1.74 bits per heavy atom. The molecule has 1 aliphatic heterocycles. The van der Waals surface area contributed by atoms with E-state index in [2.05, 4.69) is 11.0 Å². The molecule has 0 radical (unpaired) electrons. The third-order valence-electron chi connectivity index (χ3n) is 3.73. The minimum absolute atomic E-state index is 0. The average molecular weight is 282 g/mol. The second kappa shape index (κ2) is 8.34. The van der Waals surface area contributed by atoms with Crippen LogP contribution in [-0.4, -0.2) is 23.8 Å². The molecule has 1 fully saturated rings. The molecule has 0 saturated carbocycles. The molecule has 1 heterocycles. The Bertz CT molecular complexity index is 397. The number of hydrogen-bond donors (Lipinski definition) is 0. The van der Waals surface area contributed by atoms with Gasteiger partial charge in [0, 0.05) is 18.5 Å². The zero-order chi connectivity index (χ0) is 12.8. The molecule has 1 aromatic rings. The minimum atomic E-state index is 0. The van der Waals surface area contributed by atoms with E-state index in [1.165, 1.54) is 44.3 Å². The van der Waals surface area contributed by atoms with Gasteiger partial charge in [-0.25, -0.2) is 0 Å². The van der Waals surface area contributed by atoms with E-state index >= 15 is 0 Å². The van der Waals surface area contributed by atoms with Gasteiger partial charge in [-0.3, -0.25) is 9.69 Å². The van der Waals surface area contributed by atoms with Crippen molar-refractivity contribution in [3.8, 4) is 0 Å². The maximum absolute atomic E-state index is 11.9. The Labute approximate surface area is 122 Å². The Hall–Kier alpha value is -0.860. The molecule has 0 aromatic heterocycles. The molecule has 0 spiro atoms. The summed E-state index contributed by atoms with van der Waals surface area (Å²) in [6.07, 6.45) is 5.89. The van der Waals surface area contributed by atoms with Crippen molar-refractivity contribution in [2.75, 3.05) is 13.1 Å². The van der Waals surface area contributed by atoms with Gasteiger partial charge in [0.05, 0.1) is 0 Å². The molecule has 0 atom stereocenters. The highest BCUT2D eigenvalue weighted by molar-refractivity contribution is 5.97. The molecular formula is C16H24ClNO. The summed E-state index contributed by atoms with van der Waals surface area (Å²) in [4.78, 5) is 14.4. The van der Waals surface area contributed by atoms with E-state index in [0.717, 1.165) is 12.1 Å². The van der Waals surface area contributed by atoms with Gasteiger partial charge in [-0.15, -0.1) is 12.4 Å². The van der Waals surface area contributed by atoms with Crippen LogP contribution in [0, 0.1) is 0 Å². The van der Waals surface area contributed by atoms with E-state index in [0.29, 0.717) is 6.42 Å². The predicted octanol–water partition coefficient (Wildman–Crippen LogP) is 4.08. The van der Waals surface area contributed by atoms with Gasteiger partial charge in [-0.05, 0) is 31.5 Å². The molecule has 1 saturated heterocycles. The largest absolute Gasteiger partial charge is 0.299 e. The first-order chi connectivity index (χ1) is 8.81. The summed E-state index contributed by atoms with van der Waals surface area (Å²) in [6.45, 7) is 5.22. The molecule has 0 N–H and O–H groups in total. The van der Waals surface area contributed by atoms with Crippen LogP contribution >= 0.6 is 12.4 Å². The monoisotopic (exact) mass is 281 g/mol. The Morgan fingerprint density at radius 1 is 1.11 bits per heavy atom. The number of likely N-dealkylation sites (tertiary alicyclic amines) is 1. The van der Waals surface area contributed by atoms with Crippen molar-refractivity contribution in [3.05, 3.63) is 35.4 Å². The number of hydrogen-bond acceptors (Lipinski definition) is 2.